The number of fused-ring (bicyclic) bond motifs is 1. The maximum Gasteiger partial charge on any atom is 0.273 e. The van der Waals surface area contributed by atoms with Crippen LogP contribution in [-0.2, 0) is 13.5 Å². The highest BCUT2D eigenvalue weighted by atomic mass is 16.6. The topological polar surface area (TPSA) is 102 Å². The molecule has 0 aliphatic heterocycles. The maximum absolute atomic E-state index is 12.7. The number of non-ortho nitro benzene ring substituents is 1. The van der Waals surface area contributed by atoms with Crippen LogP contribution in [0.5, 0.6) is 5.75 Å². The molecule has 24 heavy (non-hydrogen) atoms. The molecule has 1 aromatic heterocycles. The molecule has 1 N–H and O–H groups in total. The standard InChI is InChI=1S/C16H18N4O4/c1-18(13-4-3-5-14-12(13)9-17-19(14)2)16(22)11-7-6-10(20(23)24)8-15(11)21/h6-9,13,21H,3-5H2,1-2H3. The highest BCUT2D eigenvalue weighted by Crippen LogP contribution is 2.35. The van der Waals surface area contributed by atoms with Crippen molar-refractivity contribution >= 4 is 11.6 Å². The molecule has 0 spiro atoms. The van der Waals surface area contributed by atoms with Crippen molar-refractivity contribution in [2.75, 3.05) is 7.05 Å². The van der Waals surface area contributed by atoms with Gasteiger partial charge in [0.2, 0.25) is 0 Å². The van der Waals surface area contributed by atoms with Crippen molar-refractivity contribution in [3.8, 4) is 5.75 Å². The third kappa shape index (κ3) is 2.60. The SMILES string of the molecule is CN(C(=O)c1ccc([N+](=O)[O-])cc1O)C1CCCc2c1cnn2C. The van der Waals surface area contributed by atoms with E-state index in [4.69, 9.17) is 0 Å². The molecule has 3 rings (SSSR count). The highest BCUT2D eigenvalue weighted by Gasteiger charge is 2.30. The van der Waals surface area contributed by atoms with Crippen LogP contribution in [0.4, 0.5) is 5.69 Å². The first-order valence-electron chi connectivity index (χ1n) is 7.65. The number of hydrogen-bond donors (Lipinski definition) is 1. The molecular weight excluding hydrogens is 312 g/mol. The van der Waals surface area contributed by atoms with Gasteiger partial charge in [-0.1, -0.05) is 0 Å². The number of phenolic OH excluding ortho intramolecular Hbond substituents is 1. The molecule has 8 nitrogen and oxygen atoms in total. The van der Waals surface area contributed by atoms with Gasteiger partial charge in [0.05, 0.1) is 28.8 Å². The molecule has 1 aliphatic rings. The van der Waals surface area contributed by atoms with Crippen molar-refractivity contribution in [2.45, 2.75) is 25.3 Å². The number of aromatic nitrogens is 2. The smallest absolute Gasteiger partial charge is 0.273 e. The Balaban J connectivity index is 1.90. The second-order valence-electron chi connectivity index (χ2n) is 5.95. The van der Waals surface area contributed by atoms with Crippen molar-refractivity contribution in [3.05, 3.63) is 51.3 Å². The number of hydrogen-bond acceptors (Lipinski definition) is 5. The van der Waals surface area contributed by atoms with Gasteiger partial charge in [-0.15, -0.1) is 0 Å². The molecule has 1 aliphatic carbocycles. The molecule has 0 fully saturated rings. The van der Waals surface area contributed by atoms with E-state index in [0.717, 1.165) is 36.6 Å². The summed E-state index contributed by atoms with van der Waals surface area (Å²) < 4.78 is 1.82. The average Bonchev–Trinajstić information content (AvgIpc) is 2.95. The summed E-state index contributed by atoms with van der Waals surface area (Å²) in [4.78, 5) is 24.4. The monoisotopic (exact) mass is 330 g/mol. The predicted molar refractivity (Wildman–Crippen MR) is 85.7 cm³/mol. The fraction of sp³-hybridized carbons (Fsp3) is 0.375. The lowest BCUT2D eigenvalue weighted by atomic mass is 9.91. The molecule has 1 amide bonds. The summed E-state index contributed by atoms with van der Waals surface area (Å²) >= 11 is 0. The maximum atomic E-state index is 12.7. The Morgan fingerprint density at radius 3 is 2.92 bits per heavy atom. The lowest BCUT2D eigenvalue weighted by molar-refractivity contribution is -0.384. The van der Waals surface area contributed by atoms with Gasteiger partial charge in [-0.2, -0.15) is 5.10 Å². The van der Waals surface area contributed by atoms with Crippen molar-refractivity contribution in [3.63, 3.8) is 0 Å². The Kier molecular flexibility index (Phi) is 3.96. The first-order valence-corrected chi connectivity index (χ1v) is 7.65. The van der Waals surface area contributed by atoms with Crippen LogP contribution in [0.15, 0.2) is 24.4 Å². The van der Waals surface area contributed by atoms with Crippen molar-refractivity contribution < 1.29 is 14.8 Å². The van der Waals surface area contributed by atoms with Crippen molar-refractivity contribution in [2.24, 2.45) is 7.05 Å². The Morgan fingerprint density at radius 2 is 2.25 bits per heavy atom. The van der Waals surface area contributed by atoms with Gasteiger partial charge in [-0.05, 0) is 25.3 Å². The largest absolute Gasteiger partial charge is 0.507 e. The van der Waals surface area contributed by atoms with Gasteiger partial charge >= 0.3 is 0 Å². The third-order valence-electron chi connectivity index (χ3n) is 4.55. The fourth-order valence-corrected chi connectivity index (χ4v) is 3.23. The number of nitro benzene ring substituents is 1. The van der Waals surface area contributed by atoms with Crippen molar-refractivity contribution in [1.29, 1.82) is 0 Å². The van der Waals surface area contributed by atoms with E-state index in [0.29, 0.717) is 0 Å². The number of phenols is 1. The second-order valence-corrected chi connectivity index (χ2v) is 5.95. The number of carbonyl (C=O) groups excluding carboxylic acids is 1. The minimum atomic E-state index is -0.610. The van der Waals surface area contributed by atoms with Crippen LogP contribution in [0, 0.1) is 10.1 Å². The van der Waals surface area contributed by atoms with Crippen LogP contribution in [0.25, 0.3) is 0 Å². The van der Waals surface area contributed by atoms with Crippen LogP contribution < -0.4 is 0 Å². The molecule has 1 atom stereocenters. The lowest BCUT2D eigenvalue weighted by Gasteiger charge is -2.31. The zero-order valence-electron chi connectivity index (χ0n) is 13.5. The van der Waals surface area contributed by atoms with E-state index in [1.807, 2.05) is 11.7 Å². The quantitative estimate of drug-likeness (QED) is 0.686. The van der Waals surface area contributed by atoms with Gasteiger partial charge in [-0.25, -0.2) is 0 Å². The molecule has 2 aromatic rings. The van der Waals surface area contributed by atoms with Crippen molar-refractivity contribution in [1.82, 2.24) is 14.7 Å². The summed E-state index contributed by atoms with van der Waals surface area (Å²) in [5.74, 6) is -0.757. The molecule has 1 unspecified atom stereocenters. The summed E-state index contributed by atoms with van der Waals surface area (Å²) in [6.45, 7) is 0. The molecule has 1 aromatic carbocycles. The molecule has 8 heteroatoms. The lowest BCUT2D eigenvalue weighted by Crippen LogP contribution is -2.33. The van der Waals surface area contributed by atoms with E-state index >= 15 is 0 Å². The first kappa shape index (κ1) is 16.0. The summed E-state index contributed by atoms with van der Waals surface area (Å²) in [6, 6.07) is 3.39. The molecule has 0 bridgehead atoms. The number of nitro groups is 1. The van der Waals surface area contributed by atoms with Gasteiger partial charge in [0.1, 0.15) is 5.75 Å². The van der Waals surface area contributed by atoms with Gasteiger partial charge in [0.25, 0.3) is 11.6 Å². The normalized spacial score (nSPS) is 16.5. The Hall–Kier alpha value is -2.90. The molecule has 1 heterocycles. The molecule has 0 radical (unpaired) electrons. The van der Waals surface area contributed by atoms with Gasteiger partial charge < -0.3 is 10.0 Å². The number of carbonyl (C=O) groups is 1. The summed E-state index contributed by atoms with van der Waals surface area (Å²) in [7, 11) is 3.56. The number of aromatic hydroxyl groups is 1. The molecule has 0 saturated carbocycles. The van der Waals surface area contributed by atoms with Gasteiger partial charge in [0.15, 0.2) is 0 Å². The zero-order chi connectivity index (χ0) is 17.4. The zero-order valence-corrected chi connectivity index (χ0v) is 13.5. The summed E-state index contributed by atoms with van der Waals surface area (Å²) in [5, 5.41) is 25.0. The van der Waals surface area contributed by atoms with Crippen LogP contribution in [0.1, 0.15) is 40.5 Å². The summed E-state index contributed by atoms with van der Waals surface area (Å²) in [5.41, 5.74) is 1.93. The minimum Gasteiger partial charge on any atom is -0.507 e. The van der Waals surface area contributed by atoms with E-state index in [9.17, 15) is 20.0 Å². The van der Waals surface area contributed by atoms with Gasteiger partial charge in [0, 0.05) is 31.4 Å². The molecule has 126 valence electrons. The Labute approximate surface area is 138 Å². The summed E-state index contributed by atoms with van der Waals surface area (Å²) in [6.07, 6.45) is 4.46. The molecule has 0 saturated heterocycles. The van der Waals surface area contributed by atoms with Crippen LogP contribution in [0.3, 0.4) is 0 Å². The average molecular weight is 330 g/mol. The minimum absolute atomic E-state index is 0.0547. The number of nitrogens with zero attached hydrogens (tertiary/aromatic N) is 4. The predicted octanol–water partition coefficient (Wildman–Crippen LogP) is 2.18. The Morgan fingerprint density at radius 1 is 1.50 bits per heavy atom. The second kappa shape index (κ2) is 5.95. The van der Waals surface area contributed by atoms with E-state index in [1.165, 1.54) is 12.1 Å². The van der Waals surface area contributed by atoms with Crippen LogP contribution in [-0.4, -0.2) is 37.7 Å². The molecular formula is C16H18N4O4. The number of rotatable bonds is 3. The number of aryl methyl sites for hydroxylation is 1. The van der Waals surface area contributed by atoms with E-state index < -0.39 is 4.92 Å². The van der Waals surface area contributed by atoms with E-state index in [2.05, 4.69) is 5.10 Å². The van der Waals surface area contributed by atoms with Gasteiger partial charge in [-0.3, -0.25) is 19.6 Å². The van der Waals surface area contributed by atoms with E-state index in [-0.39, 0.29) is 28.9 Å². The number of benzene rings is 1. The van der Waals surface area contributed by atoms with Crippen LogP contribution >= 0.6 is 0 Å². The third-order valence-corrected chi connectivity index (χ3v) is 4.55. The van der Waals surface area contributed by atoms with E-state index in [1.54, 1.807) is 18.1 Å². The fourth-order valence-electron chi connectivity index (χ4n) is 3.23. The highest BCUT2D eigenvalue weighted by molar-refractivity contribution is 5.97. The number of amides is 1. The van der Waals surface area contributed by atoms with Crippen LogP contribution in [0.2, 0.25) is 0 Å². The Bertz CT molecular complexity index is 814. The first-order chi connectivity index (χ1) is 11.4.